The summed E-state index contributed by atoms with van der Waals surface area (Å²) in [6.07, 6.45) is 1.66. The lowest BCUT2D eigenvalue weighted by Crippen LogP contribution is -2.49. The third-order valence-corrected chi connectivity index (χ3v) is 3.84. The van der Waals surface area contributed by atoms with Crippen molar-refractivity contribution in [3.8, 4) is 0 Å². The molecule has 1 aliphatic rings. The first kappa shape index (κ1) is 16.2. The molecule has 120 valence electrons. The number of hydrogen-bond donors (Lipinski definition) is 2. The highest BCUT2D eigenvalue weighted by Gasteiger charge is 2.19. The molecule has 2 N–H and O–H groups in total. The highest BCUT2D eigenvalue weighted by Crippen LogP contribution is 2.03. The Bertz CT molecular complexity index is 556. The number of carbonyl (C=O) groups is 2. The zero-order chi connectivity index (χ0) is 15.9. The largest absolute Gasteiger partial charge is 0.351 e. The number of hydrogen-bond acceptors (Lipinski definition) is 4. The van der Waals surface area contributed by atoms with Gasteiger partial charge >= 0.3 is 0 Å². The molecule has 1 aliphatic heterocycles. The summed E-state index contributed by atoms with van der Waals surface area (Å²) in [6, 6.07) is 2.76. The molecule has 2 rings (SSSR count). The second kappa shape index (κ2) is 7.74. The summed E-state index contributed by atoms with van der Waals surface area (Å²) >= 11 is 0. The van der Waals surface area contributed by atoms with Crippen molar-refractivity contribution in [2.45, 2.75) is 13.3 Å². The Hall–Kier alpha value is -2.15. The minimum absolute atomic E-state index is 0.0671. The summed E-state index contributed by atoms with van der Waals surface area (Å²) in [7, 11) is 0. The molecule has 22 heavy (non-hydrogen) atoms. The van der Waals surface area contributed by atoms with Crippen molar-refractivity contribution in [1.82, 2.24) is 20.1 Å². The van der Waals surface area contributed by atoms with Crippen LogP contribution in [0.25, 0.3) is 0 Å². The number of aromatic nitrogens is 1. The molecular formula is C15H22N4O3. The van der Waals surface area contributed by atoms with E-state index in [9.17, 15) is 14.4 Å². The summed E-state index contributed by atoms with van der Waals surface area (Å²) in [5.74, 6) is -0.225. The van der Waals surface area contributed by atoms with Crippen LogP contribution < -0.4 is 10.9 Å². The van der Waals surface area contributed by atoms with E-state index in [0.29, 0.717) is 18.5 Å². The Morgan fingerprint density at radius 1 is 1.23 bits per heavy atom. The van der Waals surface area contributed by atoms with Crippen molar-refractivity contribution in [2.75, 3.05) is 39.3 Å². The monoisotopic (exact) mass is 306 g/mol. The SMILES string of the molecule is CCN1CCN(C(=O)CCNC(=O)c2ccc(=O)[nH]c2)CC1. The zero-order valence-electron chi connectivity index (χ0n) is 12.8. The van der Waals surface area contributed by atoms with Crippen LogP contribution in [-0.2, 0) is 4.79 Å². The Kier molecular flexibility index (Phi) is 5.71. The fraction of sp³-hybridized carbons (Fsp3) is 0.533. The summed E-state index contributed by atoms with van der Waals surface area (Å²) < 4.78 is 0. The maximum atomic E-state index is 12.1. The topological polar surface area (TPSA) is 85.5 Å². The van der Waals surface area contributed by atoms with Gasteiger partial charge < -0.3 is 20.1 Å². The number of carbonyl (C=O) groups excluding carboxylic acids is 2. The van der Waals surface area contributed by atoms with Gasteiger partial charge in [0.15, 0.2) is 0 Å². The van der Waals surface area contributed by atoms with Crippen molar-refractivity contribution in [3.05, 3.63) is 34.2 Å². The van der Waals surface area contributed by atoms with Crippen LogP contribution in [0.3, 0.4) is 0 Å². The molecule has 0 saturated carbocycles. The van der Waals surface area contributed by atoms with Crippen LogP contribution in [0.2, 0.25) is 0 Å². The third-order valence-electron chi connectivity index (χ3n) is 3.84. The molecule has 1 aromatic heterocycles. The lowest BCUT2D eigenvalue weighted by molar-refractivity contribution is -0.132. The molecule has 0 spiro atoms. The number of H-pyrrole nitrogens is 1. The van der Waals surface area contributed by atoms with Crippen molar-refractivity contribution in [3.63, 3.8) is 0 Å². The van der Waals surface area contributed by atoms with E-state index in [4.69, 9.17) is 0 Å². The normalized spacial score (nSPS) is 15.6. The van der Waals surface area contributed by atoms with Crippen LogP contribution in [0, 0.1) is 0 Å². The quantitative estimate of drug-likeness (QED) is 0.779. The molecule has 0 radical (unpaired) electrons. The number of nitrogens with zero attached hydrogens (tertiary/aromatic N) is 2. The second-order valence-electron chi connectivity index (χ2n) is 5.26. The average Bonchev–Trinajstić information content (AvgIpc) is 2.55. The van der Waals surface area contributed by atoms with Crippen molar-refractivity contribution < 1.29 is 9.59 Å². The number of rotatable bonds is 5. The Morgan fingerprint density at radius 3 is 2.55 bits per heavy atom. The van der Waals surface area contributed by atoms with Crippen molar-refractivity contribution >= 4 is 11.8 Å². The van der Waals surface area contributed by atoms with Crippen LogP contribution >= 0.6 is 0 Å². The highest BCUT2D eigenvalue weighted by molar-refractivity contribution is 5.94. The van der Waals surface area contributed by atoms with E-state index in [-0.39, 0.29) is 17.4 Å². The van der Waals surface area contributed by atoms with Crippen LogP contribution in [0.1, 0.15) is 23.7 Å². The lowest BCUT2D eigenvalue weighted by Gasteiger charge is -2.34. The maximum Gasteiger partial charge on any atom is 0.252 e. The molecule has 0 aliphatic carbocycles. The summed E-state index contributed by atoms with van der Waals surface area (Å²) in [4.78, 5) is 41.4. The van der Waals surface area contributed by atoms with E-state index in [0.717, 1.165) is 32.7 Å². The summed E-state index contributed by atoms with van der Waals surface area (Å²) in [5, 5.41) is 2.69. The maximum absolute atomic E-state index is 12.1. The molecule has 2 heterocycles. The Morgan fingerprint density at radius 2 is 1.95 bits per heavy atom. The van der Waals surface area contributed by atoms with E-state index < -0.39 is 0 Å². The van der Waals surface area contributed by atoms with Gasteiger partial charge in [0.2, 0.25) is 11.5 Å². The molecule has 1 fully saturated rings. The number of piperazine rings is 1. The minimum atomic E-state index is -0.292. The van der Waals surface area contributed by atoms with Crippen molar-refractivity contribution in [1.29, 1.82) is 0 Å². The van der Waals surface area contributed by atoms with Crippen LogP contribution in [-0.4, -0.2) is 65.9 Å². The lowest BCUT2D eigenvalue weighted by atomic mass is 10.2. The summed E-state index contributed by atoms with van der Waals surface area (Å²) in [5.41, 5.74) is 0.126. The van der Waals surface area contributed by atoms with Gasteiger partial charge in [-0.1, -0.05) is 6.92 Å². The average molecular weight is 306 g/mol. The van der Waals surface area contributed by atoms with Crippen molar-refractivity contribution in [2.24, 2.45) is 0 Å². The van der Waals surface area contributed by atoms with E-state index in [1.807, 2.05) is 4.90 Å². The van der Waals surface area contributed by atoms with Gasteiger partial charge in [-0.25, -0.2) is 0 Å². The molecule has 7 nitrogen and oxygen atoms in total. The molecule has 2 amide bonds. The minimum Gasteiger partial charge on any atom is -0.351 e. The molecule has 1 aromatic rings. The summed E-state index contributed by atoms with van der Waals surface area (Å²) in [6.45, 7) is 6.74. The molecule has 0 bridgehead atoms. The third kappa shape index (κ3) is 4.42. The number of likely N-dealkylation sites (N-methyl/N-ethyl adjacent to an activating group) is 1. The first-order chi connectivity index (χ1) is 10.6. The van der Waals surface area contributed by atoms with Gasteiger partial charge in [-0.05, 0) is 12.6 Å². The standard InChI is InChI=1S/C15H22N4O3/c1-2-18-7-9-19(10-8-18)14(21)5-6-16-15(22)12-3-4-13(20)17-11-12/h3-4,11H,2,5-10H2,1H3,(H,16,22)(H,17,20). The van der Waals surface area contributed by atoms with Gasteiger partial charge in [0.1, 0.15) is 0 Å². The second-order valence-corrected chi connectivity index (χ2v) is 5.26. The van der Waals surface area contributed by atoms with E-state index in [1.165, 1.54) is 18.3 Å². The van der Waals surface area contributed by atoms with Gasteiger partial charge in [0.05, 0.1) is 5.56 Å². The molecule has 7 heteroatoms. The van der Waals surface area contributed by atoms with E-state index in [1.54, 1.807) is 0 Å². The zero-order valence-corrected chi connectivity index (χ0v) is 12.8. The number of aromatic amines is 1. The van der Waals surface area contributed by atoms with Gasteiger partial charge in [-0.15, -0.1) is 0 Å². The molecule has 1 saturated heterocycles. The van der Waals surface area contributed by atoms with Gasteiger partial charge in [0, 0.05) is 51.4 Å². The number of nitrogens with one attached hydrogen (secondary N) is 2. The predicted octanol–water partition coefficient (Wildman–Crippen LogP) is -0.341. The highest BCUT2D eigenvalue weighted by atomic mass is 16.2. The van der Waals surface area contributed by atoms with E-state index >= 15 is 0 Å². The Balaban J connectivity index is 1.72. The molecule has 0 unspecified atom stereocenters. The Labute approximate surface area is 129 Å². The smallest absolute Gasteiger partial charge is 0.252 e. The first-order valence-corrected chi connectivity index (χ1v) is 7.57. The van der Waals surface area contributed by atoms with Gasteiger partial charge in [-0.2, -0.15) is 0 Å². The predicted molar refractivity (Wildman–Crippen MR) is 82.7 cm³/mol. The van der Waals surface area contributed by atoms with Gasteiger partial charge in [0.25, 0.3) is 5.91 Å². The fourth-order valence-electron chi connectivity index (χ4n) is 2.41. The van der Waals surface area contributed by atoms with Crippen LogP contribution in [0.5, 0.6) is 0 Å². The fourth-order valence-corrected chi connectivity index (χ4v) is 2.41. The number of amides is 2. The first-order valence-electron chi connectivity index (χ1n) is 7.57. The molecular weight excluding hydrogens is 284 g/mol. The van der Waals surface area contributed by atoms with Crippen LogP contribution in [0.15, 0.2) is 23.1 Å². The van der Waals surface area contributed by atoms with Crippen LogP contribution in [0.4, 0.5) is 0 Å². The molecule has 0 aromatic carbocycles. The number of pyridine rings is 1. The molecule has 0 atom stereocenters. The van der Waals surface area contributed by atoms with Gasteiger partial charge in [-0.3, -0.25) is 14.4 Å². The van der Waals surface area contributed by atoms with E-state index in [2.05, 4.69) is 22.1 Å².